The minimum atomic E-state index is -0.384. The summed E-state index contributed by atoms with van der Waals surface area (Å²) < 4.78 is 32.1. The second-order valence-electron chi connectivity index (χ2n) is 12.8. The number of aryl methyl sites for hydroxylation is 1. The van der Waals surface area contributed by atoms with Gasteiger partial charge in [-0.1, -0.05) is 37.3 Å². The van der Waals surface area contributed by atoms with Gasteiger partial charge in [-0.3, -0.25) is 9.69 Å². The molecule has 0 amide bonds. The second kappa shape index (κ2) is 12.0. The zero-order valence-corrected chi connectivity index (χ0v) is 25.9. The molecule has 0 radical (unpaired) electrons. The molecule has 1 saturated carbocycles. The van der Waals surface area contributed by atoms with E-state index >= 15 is 4.39 Å². The van der Waals surface area contributed by atoms with E-state index in [0.717, 1.165) is 53.7 Å². The highest BCUT2D eigenvalue weighted by atomic mass is 19.1. The Morgan fingerprint density at radius 3 is 2.52 bits per heavy atom. The summed E-state index contributed by atoms with van der Waals surface area (Å²) in [5.41, 5.74) is 5.62. The van der Waals surface area contributed by atoms with Gasteiger partial charge < -0.3 is 14.2 Å². The van der Waals surface area contributed by atoms with Crippen LogP contribution in [0.3, 0.4) is 0 Å². The second-order valence-corrected chi connectivity index (χ2v) is 12.8. The first kappa shape index (κ1) is 30.0. The van der Waals surface area contributed by atoms with Crippen molar-refractivity contribution in [2.45, 2.75) is 77.5 Å². The lowest BCUT2D eigenvalue weighted by atomic mass is 9.82. The van der Waals surface area contributed by atoms with Gasteiger partial charge >= 0.3 is 5.97 Å². The number of fused-ring (bicyclic) bond motifs is 1. The van der Waals surface area contributed by atoms with Crippen molar-refractivity contribution in [3.8, 4) is 22.8 Å². The van der Waals surface area contributed by atoms with Gasteiger partial charge in [-0.2, -0.15) is 0 Å². The third-order valence-electron chi connectivity index (χ3n) is 9.05. The number of esters is 1. The molecule has 0 N–H and O–H groups in total. The van der Waals surface area contributed by atoms with Crippen LogP contribution >= 0.6 is 0 Å². The third kappa shape index (κ3) is 6.31. The lowest BCUT2D eigenvalue weighted by molar-refractivity contribution is -0.145. The van der Waals surface area contributed by atoms with E-state index in [1.54, 1.807) is 6.07 Å². The van der Waals surface area contributed by atoms with Crippen molar-refractivity contribution >= 4 is 5.97 Å². The lowest BCUT2D eigenvalue weighted by Gasteiger charge is -2.33. The van der Waals surface area contributed by atoms with Crippen LogP contribution in [0.25, 0.3) is 11.1 Å². The first-order valence-corrected chi connectivity index (χ1v) is 14.9. The van der Waals surface area contributed by atoms with Gasteiger partial charge in [0.25, 0.3) is 0 Å². The van der Waals surface area contributed by atoms with Gasteiger partial charge in [-0.05, 0) is 99.2 Å². The maximum absolute atomic E-state index is 15.1. The largest absolute Gasteiger partial charge is 0.485 e. The van der Waals surface area contributed by atoms with E-state index < -0.39 is 0 Å². The Balaban J connectivity index is 1.48. The molecule has 0 saturated heterocycles. The summed E-state index contributed by atoms with van der Waals surface area (Å²) in [6.07, 6.45) is 5.10. The molecule has 42 heavy (non-hydrogen) atoms. The summed E-state index contributed by atoms with van der Waals surface area (Å²) >= 11 is 0. The van der Waals surface area contributed by atoms with Crippen molar-refractivity contribution in [3.63, 3.8) is 0 Å². The highest BCUT2D eigenvalue weighted by molar-refractivity contribution is 5.73. The number of nitrogens with zero attached hydrogens (tertiary/aromatic N) is 2. The number of hydrogen-bond donors (Lipinski definition) is 0. The summed E-state index contributed by atoms with van der Waals surface area (Å²) in [6, 6.07) is 14.3. The minimum Gasteiger partial charge on any atom is -0.485 e. The highest BCUT2D eigenvalue weighted by Crippen LogP contribution is 2.48. The Kier molecular flexibility index (Phi) is 8.61. The van der Waals surface area contributed by atoms with E-state index in [0.29, 0.717) is 23.9 Å². The number of rotatable bonds is 9. The summed E-state index contributed by atoms with van der Waals surface area (Å²) in [7, 11) is 5.08. The average Bonchev–Trinajstić information content (AvgIpc) is 3.81. The first-order chi connectivity index (χ1) is 20.0. The summed E-state index contributed by atoms with van der Waals surface area (Å²) in [4.78, 5) is 18.7. The molecule has 5 rings (SSSR count). The van der Waals surface area contributed by atoms with Crippen LogP contribution in [0.2, 0.25) is 0 Å². The van der Waals surface area contributed by atoms with Gasteiger partial charge in [0.15, 0.2) is 0 Å². The van der Waals surface area contributed by atoms with Crippen LogP contribution in [0.4, 0.5) is 4.39 Å². The molecule has 2 aromatic carbocycles. The summed E-state index contributed by atoms with van der Waals surface area (Å²) in [5, 5.41) is 0. The van der Waals surface area contributed by atoms with E-state index in [-0.39, 0.29) is 35.3 Å². The molecule has 2 heterocycles. The Hall–Kier alpha value is -3.45. The highest BCUT2D eigenvalue weighted by Gasteiger charge is 2.39. The van der Waals surface area contributed by atoms with Crippen LogP contribution in [-0.4, -0.2) is 42.7 Å². The fourth-order valence-corrected chi connectivity index (χ4v) is 6.02. The van der Waals surface area contributed by atoms with Crippen LogP contribution in [0.1, 0.15) is 81.2 Å². The van der Waals surface area contributed by atoms with Crippen LogP contribution in [0.5, 0.6) is 11.6 Å². The number of carbonyl (C=O) groups excluding carboxylic acids is 1. The van der Waals surface area contributed by atoms with E-state index in [2.05, 4.69) is 62.0 Å². The summed E-state index contributed by atoms with van der Waals surface area (Å²) in [6.45, 7) is 9.11. The summed E-state index contributed by atoms with van der Waals surface area (Å²) in [5.74, 6) is 1.12. The van der Waals surface area contributed by atoms with Crippen LogP contribution in [-0.2, 0) is 22.5 Å². The minimum absolute atomic E-state index is 0.0716. The number of carbonyl (C=O) groups is 1. The molecular weight excluding hydrogens is 531 g/mol. The standard InChI is InChI=1S/C35H43FN2O4/c1-21(34(39)41-7)33(23-9-10-23)25-11-8-22-13-15-30(42-31(22)17-25)24-12-14-27(26(16-24)20-38(5)35(2,3)4)28-18-32(40-6)37-19-29(28)36/h8,11-12,14,16-19,21,23,30,33H,9-10,13,15,20H2,1-7H3/t21-,30?,33-/m0/s1. The number of pyridine rings is 1. The number of aromatic nitrogens is 1. The molecule has 3 aromatic rings. The zero-order chi connectivity index (χ0) is 30.2. The smallest absolute Gasteiger partial charge is 0.309 e. The van der Waals surface area contributed by atoms with E-state index in [9.17, 15) is 4.79 Å². The molecule has 1 unspecified atom stereocenters. The third-order valence-corrected chi connectivity index (χ3v) is 9.05. The first-order valence-electron chi connectivity index (χ1n) is 14.9. The fraction of sp³-hybridized carbons (Fsp3) is 0.486. The Morgan fingerprint density at radius 1 is 1.10 bits per heavy atom. The molecule has 0 spiro atoms. The van der Waals surface area contributed by atoms with Crippen molar-refractivity contribution < 1.29 is 23.4 Å². The molecule has 3 atom stereocenters. The molecule has 7 heteroatoms. The fourth-order valence-electron chi connectivity index (χ4n) is 6.02. The van der Waals surface area contributed by atoms with Crippen LogP contribution in [0.15, 0.2) is 48.7 Å². The molecule has 2 aliphatic rings. The van der Waals surface area contributed by atoms with Gasteiger partial charge in [0.05, 0.1) is 26.3 Å². The quantitative estimate of drug-likeness (QED) is 0.247. The maximum atomic E-state index is 15.1. The molecule has 0 bridgehead atoms. The maximum Gasteiger partial charge on any atom is 0.309 e. The monoisotopic (exact) mass is 574 g/mol. The SMILES string of the molecule is COC(=O)[C@@H](C)[C@H](c1ccc2c(c1)OC(c1ccc(-c3cc(OC)ncc3F)c(CN(C)C(C)(C)C)c1)CC2)C1CC1. The Morgan fingerprint density at radius 2 is 1.86 bits per heavy atom. The molecule has 1 fully saturated rings. The van der Waals surface area contributed by atoms with Crippen LogP contribution < -0.4 is 9.47 Å². The molecule has 1 aliphatic carbocycles. The van der Waals surface area contributed by atoms with Gasteiger partial charge in [0.1, 0.15) is 17.7 Å². The van der Waals surface area contributed by atoms with E-state index in [1.807, 2.05) is 19.1 Å². The average molecular weight is 575 g/mol. The Labute approximate surface area is 249 Å². The van der Waals surface area contributed by atoms with Crippen molar-refractivity contribution in [1.82, 2.24) is 9.88 Å². The van der Waals surface area contributed by atoms with E-state index in [1.165, 1.54) is 26.0 Å². The van der Waals surface area contributed by atoms with Crippen molar-refractivity contribution in [3.05, 3.63) is 76.7 Å². The van der Waals surface area contributed by atoms with Crippen molar-refractivity contribution in [2.75, 3.05) is 21.3 Å². The lowest BCUT2D eigenvalue weighted by Crippen LogP contribution is -2.37. The topological polar surface area (TPSA) is 60.9 Å². The number of ether oxygens (including phenoxy) is 3. The molecule has 6 nitrogen and oxygen atoms in total. The van der Waals surface area contributed by atoms with Gasteiger partial charge in [-0.25, -0.2) is 9.37 Å². The van der Waals surface area contributed by atoms with Gasteiger partial charge in [0.2, 0.25) is 5.88 Å². The molecule has 224 valence electrons. The van der Waals surface area contributed by atoms with Crippen LogP contribution in [0, 0.1) is 17.7 Å². The number of benzene rings is 2. The van der Waals surface area contributed by atoms with Crippen molar-refractivity contribution in [1.29, 1.82) is 0 Å². The number of hydrogen-bond acceptors (Lipinski definition) is 6. The van der Waals surface area contributed by atoms with Gasteiger partial charge in [0, 0.05) is 23.7 Å². The van der Waals surface area contributed by atoms with Gasteiger partial charge in [-0.15, -0.1) is 0 Å². The molecule has 1 aliphatic heterocycles. The number of halogens is 1. The predicted octanol–water partition coefficient (Wildman–Crippen LogP) is 7.50. The number of methoxy groups -OCH3 is 2. The molecule has 1 aromatic heterocycles. The predicted molar refractivity (Wildman–Crippen MR) is 162 cm³/mol. The Bertz CT molecular complexity index is 1450. The van der Waals surface area contributed by atoms with Crippen molar-refractivity contribution in [2.24, 2.45) is 11.8 Å². The zero-order valence-electron chi connectivity index (χ0n) is 25.9. The van der Waals surface area contributed by atoms with E-state index in [4.69, 9.17) is 14.2 Å². The normalized spacial score (nSPS) is 18.2. The molecular formula is C35H43FN2O4.